The van der Waals surface area contributed by atoms with Crippen LogP contribution < -0.4 is 0 Å². The topological polar surface area (TPSA) is 99.1 Å². The number of carbonyl (C=O) groups is 3. The van der Waals surface area contributed by atoms with Gasteiger partial charge in [-0.3, -0.25) is 9.59 Å². The lowest BCUT2D eigenvalue weighted by atomic mass is 10.0. The van der Waals surface area contributed by atoms with Gasteiger partial charge < -0.3 is 23.8 Å². The van der Waals surface area contributed by atoms with E-state index < -0.39 is 18.1 Å². The number of nitrogens with zero attached hydrogens (tertiary/aromatic N) is 1. The van der Waals surface area contributed by atoms with E-state index in [1.807, 2.05) is 21.1 Å². The van der Waals surface area contributed by atoms with E-state index >= 15 is 0 Å². The number of esters is 2. The van der Waals surface area contributed by atoms with E-state index in [1.54, 1.807) is 6.92 Å². The predicted octanol–water partition coefficient (Wildman–Crippen LogP) is 9.35. The monoisotopic (exact) mass is 667 g/mol. The summed E-state index contributed by atoms with van der Waals surface area (Å²) in [5.41, 5.74) is 0. The quantitative estimate of drug-likeness (QED) is 0.0322. The van der Waals surface area contributed by atoms with E-state index in [9.17, 15) is 19.5 Å². The van der Waals surface area contributed by atoms with E-state index in [0.717, 1.165) is 25.7 Å². The molecular formula is C39H72NO7+. The maximum Gasteiger partial charge on any atom is 0.362 e. The van der Waals surface area contributed by atoms with Crippen molar-refractivity contribution >= 4 is 17.9 Å². The van der Waals surface area contributed by atoms with Crippen LogP contribution in [0.3, 0.4) is 0 Å². The molecule has 0 aromatic heterocycles. The van der Waals surface area contributed by atoms with Crippen LogP contribution >= 0.6 is 0 Å². The first-order valence-electron chi connectivity index (χ1n) is 18.9. The minimum absolute atomic E-state index is 0.0560. The van der Waals surface area contributed by atoms with Crippen LogP contribution in [-0.4, -0.2) is 80.6 Å². The van der Waals surface area contributed by atoms with Crippen LogP contribution in [0.1, 0.15) is 155 Å². The molecule has 2 unspecified atom stereocenters. The van der Waals surface area contributed by atoms with Crippen LogP contribution in [0.15, 0.2) is 24.3 Å². The van der Waals surface area contributed by atoms with Crippen LogP contribution in [0.5, 0.6) is 0 Å². The molecule has 0 saturated carbocycles. The molecule has 0 heterocycles. The first-order chi connectivity index (χ1) is 22.6. The molecule has 0 spiro atoms. The van der Waals surface area contributed by atoms with Crippen LogP contribution in [0.4, 0.5) is 0 Å². The third kappa shape index (κ3) is 29.7. The van der Waals surface area contributed by atoms with Gasteiger partial charge in [0.15, 0.2) is 12.1 Å². The summed E-state index contributed by atoms with van der Waals surface area (Å²) in [6.07, 6.45) is 33.0. The summed E-state index contributed by atoms with van der Waals surface area (Å²) >= 11 is 0. The summed E-state index contributed by atoms with van der Waals surface area (Å²) in [5.74, 6) is -1.57. The Hall–Kier alpha value is -2.19. The molecule has 8 heteroatoms. The molecule has 0 aromatic carbocycles. The summed E-state index contributed by atoms with van der Waals surface area (Å²) in [7, 11) is 5.48. The van der Waals surface area contributed by atoms with Gasteiger partial charge in [0.25, 0.3) is 0 Å². The Kier molecular flexibility index (Phi) is 29.7. The highest BCUT2D eigenvalue weighted by atomic mass is 16.6. The summed E-state index contributed by atoms with van der Waals surface area (Å²) in [5, 5.41) is 9.48. The van der Waals surface area contributed by atoms with Gasteiger partial charge >= 0.3 is 17.9 Å². The van der Waals surface area contributed by atoms with E-state index in [2.05, 4.69) is 31.2 Å². The molecular weight excluding hydrogens is 594 g/mol. The summed E-state index contributed by atoms with van der Waals surface area (Å²) in [6, 6.07) is -0.607. The Balaban J connectivity index is 3.86. The molecule has 0 aromatic rings. The number of hydrogen-bond acceptors (Lipinski definition) is 6. The van der Waals surface area contributed by atoms with Crippen molar-refractivity contribution in [3.63, 3.8) is 0 Å². The molecule has 2 atom stereocenters. The van der Waals surface area contributed by atoms with Crippen LogP contribution in [0.2, 0.25) is 0 Å². The van der Waals surface area contributed by atoms with Crippen molar-refractivity contribution in [2.45, 2.75) is 167 Å². The largest absolute Gasteiger partial charge is 0.477 e. The molecule has 0 rings (SSSR count). The molecule has 274 valence electrons. The zero-order valence-electron chi connectivity index (χ0n) is 31.0. The lowest BCUT2D eigenvalue weighted by Gasteiger charge is -2.31. The maximum absolute atomic E-state index is 12.4. The second-order valence-corrected chi connectivity index (χ2v) is 13.8. The zero-order chi connectivity index (χ0) is 35.0. The number of carboxylic acid groups (broad SMARTS) is 1. The fraction of sp³-hybridized carbons (Fsp3) is 0.821. The van der Waals surface area contributed by atoms with Crippen molar-refractivity contribution in [3.8, 4) is 0 Å². The highest BCUT2D eigenvalue weighted by Gasteiger charge is 2.31. The number of hydrogen-bond donors (Lipinski definition) is 1. The Morgan fingerprint density at radius 3 is 1.66 bits per heavy atom. The van der Waals surface area contributed by atoms with Crippen molar-refractivity contribution in [2.75, 3.05) is 41.0 Å². The standard InChI is InChI=1S/C39H71NO7/c1-6-8-9-10-11-12-13-14-15-16-17-18-19-20-21-22-23-24-25-26-27-28-29-30-38(42)47-35(34-46-37(41)7-2)33-45-32-31-36(39(43)44)40(3,4)5/h13-14,16-17,35-36H,6-12,15,18-34H2,1-5H3/p+1/b14-13-,17-16-. The van der Waals surface area contributed by atoms with Crippen molar-refractivity contribution in [2.24, 2.45) is 0 Å². The van der Waals surface area contributed by atoms with Gasteiger partial charge in [-0.25, -0.2) is 4.79 Å². The Bertz CT molecular complexity index is 834. The van der Waals surface area contributed by atoms with E-state index in [0.29, 0.717) is 12.8 Å². The molecule has 0 bridgehead atoms. The van der Waals surface area contributed by atoms with Crippen LogP contribution in [0.25, 0.3) is 0 Å². The highest BCUT2D eigenvalue weighted by Crippen LogP contribution is 2.14. The van der Waals surface area contributed by atoms with Crippen molar-refractivity contribution in [3.05, 3.63) is 24.3 Å². The van der Waals surface area contributed by atoms with E-state index in [4.69, 9.17) is 14.2 Å². The molecule has 0 aliphatic carbocycles. The lowest BCUT2D eigenvalue weighted by molar-refractivity contribution is -0.887. The van der Waals surface area contributed by atoms with Crippen LogP contribution in [-0.2, 0) is 28.6 Å². The van der Waals surface area contributed by atoms with Crippen LogP contribution in [0, 0.1) is 0 Å². The number of unbranched alkanes of at least 4 members (excludes halogenated alkanes) is 16. The van der Waals surface area contributed by atoms with Gasteiger partial charge in [0.1, 0.15) is 6.61 Å². The number of carbonyl (C=O) groups excluding carboxylic acids is 2. The minimum Gasteiger partial charge on any atom is -0.477 e. The number of aliphatic carboxylic acids is 1. The number of quaternary nitrogens is 1. The molecule has 0 fully saturated rings. The number of ether oxygens (including phenoxy) is 3. The lowest BCUT2D eigenvalue weighted by Crippen LogP contribution is -2.50. The molecule has 0 saturated heterocycles. The zero-order valence-corrected chi connectivity index (χ0v) is 31.0. The van der Waals surface area contributed by atoms with E-state index in [1.165, 1.54) is 96.3 Å². The van der Waals surface area contributed by atoms with Gasteiger partial charge in [0.2, 0.25) is 0 Å². The summed E-state index contributed by atoms with van der Waals surface area (Å²) in [4.78, 5) is 35.6. The Morgan fingerprint density at radius 2 is 1.17 bits per heavy atom. The number of rotatable bonds is 33. The van der Waals surface area contributed by atoms with Gasteiger partial charge in [0.05, 0.1) is 34.4 Å². The smallest absolute Gasteiger partial charge is 0.362 e. The van der Waals surface area contributed by atoms with Gasteiger partial charge in [-0.2, -0.15) is 0 Å². The fourth-order valence-electron chi connectivity index (χ4n) is 5.40. The maximum atomic E-state index is 12.4. The molecule has 0 aliphatic heterocycles. The average molecular weight is 667 g/mol. The first-order valence-corrected chi connectivity index (χ1v) is 18.9. The normalized spacial score (nSPS) is 13.3. The van der Waals surface area contributed by atoms with Crippen molar-refractivity contribution < 1.29 is 38.2 Å². The molecule has 47 heavy (non-hydrogen) atoms. The number of likely N-dealkylation sites (N-methyl/N-ethyl adjacent to an activating group) is 1. The number of carboxylic acids is 1. The minimum atomic E-state index is -0.882. The Labute approximate surface area is 288 Å². The molecule has 0 aliphatic rings. The van der Waals surface area contributed by atoms with Crippen molar-refractivity contribution in [1.29, 1.82) is 0 Å². The highest BCUT2D eigenvalue weighted by molar-refractivity contribution is 5.72. The fourth-order valence-corrected chi connectivity index (χ4v) is 5.40. The second kappa shape index (κ2) is 31.1. The van der Waals surface area contributed by atoms with Crippen molar-refractivity contribution in [1.82, 2.24) is 0 Å². The molecule has 1 N–H and O–H groups in total. The average Bonchev–Trinajstić information content (AvgIpc) is 3.02. The third-order valence-electron chi connectivity index (χ3n) is 8.41. The third-order valence-corrected chi connectivity index (χ3v) is 8.41. The van der Waals surface area contributed by atoms with Gasteiger partial charge in [0, 0.05) is 19.3 Å². The van der Waals surface area contributed by atoms with E-state index in [-0.39, 0.29) is 42.7 Å². The predicted molar refractivity (Wildman–Crippen MR) is 192 cm³/mol. The van der Waals surface area contributed by atoms with Gasteiger partial charge in [-0.1, -0.05) is 122 Å². The summed E-state index contributed by atoms with van der Waals surface area (Å²) < 4.78 is 16.7. The summed E-state index contributed by atoms with van der Waals surface area (Å²) in [6.45, 7) is 4.16. The SMILES string of the molecule is CCCCCCC/C=C\C/C=C\CCCCCCCCCCCCCC(=O)OC(COCCC(C(=O)O)[N+](C)(C)C)COC(=O)CC. The second-order valence-electron chi connectivity index (χ2n) is 13.8. The Morgan fingerprint density at radius 1 is 0.660 bits per heavy atom. The molecule has 0 radical (unpaired) electrons. The molecule has 0 amide bonds. The number of allylic oxidation sites excluding steroid dienone is 4. The molecule has 8 nitrogen and oxygen atoms in total. The van der Waals surface area contributed by atoms with Gasteiger partial charge in [-0.05, 0) is 38.5 Å². The first kappa shape index (κ1) is 44.8. The van der Waals surface area contributed by atoms with Gasteiger partial charge in [-0.15, -0.1) is 0 Å².